The van der Waals surface area contributed by atoms with Crippen LogP contribution < -0.4 is 9.47 Å². The lowest BCUT2D eigenvalue weighted by Gasteiger charge is -2.08. The molecular weight excluding hydrogens is 372 g/mol. The van der Waals surface area contributed by atoms with Gasteiger partial charge in [-0.1, -0.05) is 41.6 Å². The van der Waals surface area contributed by atoms with Gasteiger partial charge in [0.25, 0.3) is 5.78 Å². The van der Waals surface area contributed by atoms with Crippen molar-refractivity contribution < 1.29 is 14.0 Å². The van der Waals surface area contributed by atoms with Gasteiger partial charge in [-0.15, -0.1) is 14.6 Å². The van der Waals surface area contributed by atoms with Gasteiger partial charge in [0.2, 0.25) is 11.6 Å². The van der Waals surface area contributed by atoms with Gasteiger partial charge >= 0.3 is 12.0 Å². The zero-order valence-corrected chi connectivity index (χ0v) is 15.3. The van der Waals surface area contributed by atoms with Crippen molar-refractivity contribution >= 4 is 5.78 Å². The van der Waals surface area contributed by atoms with Crippen LogP contribution in [0.25, 0.3) is 17.4 Å². The molecule has 0 aliphatic rings. The first-order chi connectivity index (χ1) is 14.2. The van der Waals surface area contributed by atoms with Crippen molar-refractivity contribution in [1.82, 2.24) is 29.7 Å². The maximum Gasteiger partial charge on any atom is 0.331 e. The third-order valence-electron chi connectivity index (χ3n) is 3.91. The van der Waals surface area contributed by atoms with Crippen molar-refractivity contribution in [2.45, 2.75) is 6.92 Å². The number of para-hydroxylation sites is 2. The molecule has 0 bridgehead atoms. The average molecular weight is 386 g/mol. The van der Waals surface area contributed by atoms with Gasteiger partial charge in [0.15, 0.2) is 0 Å². The van der Waals surface area contributed by atoms with Gasteiger partial charge in [-0.2, -0.15) is 9.97 Å². The molecule has 5 aromatic rings. The molecule has 0 radical (unpaired) electrons. The number of hydrogen-bond donors (Lipinski definition) is 0. The number of fused-ring (bicyclic) bond motifs is 1. The minimum atomic E-state index is 0.0855. The van der Waals surface area contributed by atoms with E-state index in [0.717, 1.165) is 5.69 Å². The third-order valence-corrected chi connectivity index (χ3v) is 3.91. The van der Waals surface area contributed by atoms with Crippen molar-refractivity contribution in [3.63, 3.8) is 0 Å². The van der Waals surface area contributed by atoms with Crippen molar-refractivity contribution in [3.8, 4) is 35.1 Å². The van der Waals surface area contributed by atoms with Gasteiger partial charge in [0.05, 0.1) is 5.69 Å². The maximum atomic E-state index is 5.91. The second kappa shape index (κ2) is 7.04. The molecule has 0 saturated heterocycles. The zero-order valence-electron chi connectivity index (χ0n) is 15.3. The summed E-state index contributed by atoms with van der Waals surface area (Å²) in [6.45, 7) is 1.82. The van der Waals surface area contributed by atoms with E-state index >= 15 is 0 Å². The summed E-state index contributed by atoms with van der Waals surface area (Å²) in [5, 5.41) is 8.28. The molecule has 3 heterocycles. The van der Waals surface area contributed by atoms with E-state index in [0.29, 0.717) is 23.1 Å². The van der Waals surface area contributed by atoms with Gasteiger partial charge in [-0.3, -0.25) is 0 Å². The van der Waals surface area contributed by atoms with Crippen LogP contribution in [-0.4, -0.2) is 29.7 Å². The van der Waals surface area contributed by atoms with E-state index < -0.39 is 0 Å². The normalized spacial score (nSPS) is 10.9. The maximum absolute atomic E-state index is 5.91. The Labute approximate surface area is 164 Å². The Morgan fingerprint density at radius 2 is 1.52 bits per heavy atom. The number of aryl methyl sites for hydroxylation is 1. The quantitative estimate of drug-likeness (QED) is 0.446. The van der Waals surface area contributed by atoms with E-state index in [4.69, 9.17) is 14.0 Å². The van der Waals surface area contributed by atoms with Crippen molar-refractivity contribution in [2.75, 3.05) is 0 Å². The van der Waals surface area contributed by atoms with E-state index in [2.05, 4.69) is 25.2 Å². The van der Waals surface area contributed by atoms with Crippen LogP contribution in [0.4, 0.5) is 0 Å². The van der Waals surface area contributed by atoms with E-state index in [1.165, 1.54) is 4.52 Å². The van der Waals surface area contributed by atoms with Crippen LogP contribution in [0.5, 0.6) is 23.5 Å². The van der Waals surface area contributed by atoms with Gasteiger partial charge in [-0.05, 0) is 31.2 Å². The second-order valence-electron chi connectivity index (χ2n) is 6.10. The average Bonchev–Trinajstić information content (AvgIpc) is 3.36. The minimum absolute atomic E-state index is 0.0855. The molecule has 0 atom stereocenters. The molecule has 0 unspecified atom stereocenters. The van der Waals surface area contributed by atoms with Gasteiger partial charge in [0.1, 0.15) is 11.5 Å². The summed E-state index contributed by atoms with van der Waals surface area (Å²) in [6.07, 6.45) is 0. The van der Waals surface area contributed by atoms with Crippen LogP contribution in [-0.2, 0) is 0 Å². The summed E-state index contributed by atoms with van der Waals surface area (Å²) in [6, 6.07) is 20.4. The lowest BCUT2D eigenvalue weighted by molar-refractivity contribution is 0.388. The molecule has 9 heteroatoms. The topological polar surface area (TPSA) is 100 Å². The van der Waals surface area contributed by atoms with Crippen LogP contribution >= 0.6 is 0 Å². The number of benzene rings is 2. The predicted molar refractivity (Wildman–Crippen MR) is 102 cm³/mol. The number of rotatable bonds is 5. The fourth-order valence-corrected chi connectivity index (χ4v) is 2.62. The lowest BCUT2D eigenvalue weighted by Crippen LogP contribution is -2.03. The summed E-state index contributed by atoms with van der Waals surface area (Å²) in [5.41, 5.74) is 0.721. The van der Waals surface area contributed by atoms with E-state index in [1.807, 2.05) is 55.5 Å². The fourth-order valence-electron chi connectivity index (χ4n) is 2.62. The van der Waals surface area contributed by atoms with E-state index in [-0.39, 0.29) is 17.8 Å². The molecule has 2 aromatic carbocycles. The molecule has 3 aromatic heterocycles. The van der Waals surface area contributed by atoms with Crippen molar-refractivity contribution in [1.29, 1.82) is 0 Å². The molecule has 0 spiro atoms. The molecule has 9 nitrogen and oxygen atoms in total. The molecule has 0 aliphatic carbocycles. The Bertz CT molecular complexity index is 1270. The highest BCUT2D eigenvalue weighted by molar-refractivity contribution is 5.50. The van der Waals surface area contributed by atoms with Crippen LogP contribution in [0.15, 0.2) is 71.3 Å². The zero-order chi connectivity index (χ0) is 19.6. The first kappa shape index (κ1) is 16.9. The number of ether oxygens (including phenoxy) is 2. The Hall–Kier alpha value is -4.27. The standard InChI is InChI=1S/C20H14N6O3/c1-13-12-16(29-25-13)17-21-18-22-19(27-14-8-4-2-5-9-14)23-20(26(18)24-17)28-15-10-6-3-7-11-15/h2-12H,1H3. The Morgan fingerprint density at radius 1 is 0.828 bits per heavy atom. The first-order valence-electron chi connectivity index (χ1n) is 8.79. The highest BCUT2D eigenvalue weighted by atomic mass is 16.5. The summed E-state index contributed by atoms with van der Waals surface area (Å²) in [4.78, 5) is 13.1. The molecule has 0 N–H and O–H groups in total. The largest absolute Gasteiger partial charge is 0.424 e. The second-order valence-corrected chi connectivity index (χ2v) is 6.10. The molecule has 0 amide bonds. The Morgan fingerprint density at radius 3 is 2.17 bits per heavy atom. The van der Waals surface area contributed by atoms with Gasteiger partial charge in [0, 0.05) is 6.07 Å². The third kappa shape index (κ3) is 3.48. The highest BCUT2D eigenvalue weighted by Gasteiger charge is 2.18. The Kier molecular flexibility index (Phi) is 4.10. The van der Waals surface area contributed by atoms with Crippen LogP contribution in [0.3, 0.4) is 0 Å². The molecule has 142 valence electrons. The lowest BCUT2D eigenvalue weighted by atomic mass is 10.3. The summed E-state index contributed by atoms with van der Waals surface area (Å²) in [5.74, 6) is 2.17. The number of nitrogens with zero attached hydrogens (tertiary/aromatic N) is 6. The van der Waals surface area contributed by atoms with Crippen molar-refractivity contribution in [2.24, 2.45) is 0 Å². The van der Waals surface area contributed by atoms with E-state index in [9.17, 15) is 0 Å². The van der Waals surface area contributed by atoms with Crippen LogP contribution in [0.2, 0.25) is 0 Å². The molecular formula is C20H14N6O3. The smallest absolute Gasteiger partial charge is 0.331 e. The van der Waals surface area contributed by atoms with Gasteiger partial charge < -0.3 is 14.0 Å². The fraction of sp³-hybridized carbons (Fsp3) is 0.0500. The number of hydrogen-bond acceptors (Lipinski definition) is 8. The first-order valence-corrected chi connectivity index (χ1v) is 8.79. The summed E-state index contributed by atoms with van der Waals surface area (Å²) in [7, 11) is 0. The highest BCUT2D eigenvalue weighted by Crippen LogP contribution is 2.26. The Balaban J connectivity index is 1.60. The minimum Gasteiger partial charge on any atom is -0.424 e. The summed E-state index contributed by atoms with van der Waals surface area (Å²) >= 11 is 0. The van der Waals surface area contributed by atoms with Crippen LogP contribution in [0.1, 0.15) is 5.69 Å². The molecule has 29 heavy (non-hydrogen) atoms. The SMILES string of the molecule is Cc1cc(-c2nc3nc(Oc4ccccc4)nc(Oc4ccccc4)n3n2)on1. The molecule has 0 aliphatic heterocycles. The van der Waals surface area contributed by atoms with E-state index in [1.54, 1.807) is 18.2 Å². The predicted octanol–water partition coefficient (Wildman–Crippen LogP) is 4.07. The molecule has 0 saturated carbocycles. The summed E-state index contributed by atoms with van der Waals surface area (Å²) < 4.78 is 18.3. The molecule has 0 fully saturated rings. The van der Waals surface area contributed by atoms with Gasteiger partial charge in [-0.25, -0.2) is 0 Å². The van der Waals surface area contributed by atoms with Crippen LogP contribution in [0, 0.1) is 6.92 Å². The van der Waals surface area contributed by atoms with Crippen molar-refractivity contribution in [3.05, 3.63) is 72.4 Å². The molecule has 5 rings (SSSR count). The monoisotopic (exact) mass is 386 g/mol. The number of aromatic nitrogens is 6.